The van der Waals surface area contributed by atoms with Gasteiger partial charge in [-0.2, -0.15) is 14.3 Å². The van der Waals surface area contributed by atoms with Crippen molar-refractivity contribution in [3.63, 3.8) is 0 Å². The minimum absolute atomic E-state index is 0.169. The van der Waals surface area contributed by atoms with Crippen LogP contribution in [0.1, 0.15) is 53.9 Å². The molecule has 210 valence electrons. The van der Waals surface area contributed by atoms with Gasteiger partial charge in [0, 0.05) is 85.9 Å². The summed E-state index contributed by atoms with van der Waals surface area (Å²) < 4.78 is 25.1. The number of morpholine rings is 1. The van der Waals surface area contributed by atoms with Crippen LogP contribution in [0.2, 0.25) is 0 Å². The van der Waals surface area contributed by atoms with Gasteiger partial charge in [-0.1, -0.05) is 6.07 Å². The van der Waals surface area contributed by atoms with Crippen molar-refractivity contribution in [2.45, 2.75) is 58.5 Å². The van der Waals surface area contributed by atoms with Crippen LogP contribution >= 0.6 is 30.3 Å². The molecule has 0 bridgehead atoms. The van der Waals surface area contributed by atoms with Crippen molar-refractivity contribution in [1.82, 2.24) is 28.9 Å². The molecule has 9 nitrogen and oxygen atoms in total. The maximum atomic E-state index is 15.6. The van der Waals surface area contributed by atoms with E-state index in [2.05, 4.69) is 62.1 Å². The Morgan fingerprint density at radius 3 is 2.70 bits per heavy atom. The van der Waals surface area contributed by atoms with Crippen LogP contribution in [-0.2, 0) is 24.8 Å². The van der Waals surface area contributed by atoms with Crippen molar-refractivity contribution in [3.8, 4) is 11.4 Å². The zero-order valence-corrected chi connectivity index (χ0v) is 26.1. The standard InChI is InChI=1S/C28H32FIN8OS/c1-15-5-8-21-23(17(3)33-38(21)40-30)22(15)26-31-20-9-10-36(28-24(29)25(18-6-7-18)34-35(28)4)13-19(20)27(32-26)37-11-12-39-14-16(37)2/h5,8,16,18H,6-7,9-14H2,1-4H3. The molecular formula is C28H32FIN8OS. The van der Waals surface area contributed by atoms with E-state index in [1.165, 1.54) is 0 Å². The fraction of sp³-hybridized carbons (Fsp3) is 0.500. The summed E-state index contributed by atoms with van der Waals surface area (Å²) in [4.78, 5) is 15.0. The second-order valence-corrected chi connectivity index (χ2v) is 12.9. The first-order valence-electron chi connectivity index (χ1n) is 13.9. The average molecular weight is 675 g/mol. The van der Waals surface area contributed by atoms with E-state index in [1.807, 2.05) is 18.1 Å². The van der Waals surface area contributed by atoms with Crippen LogP contribution in [0.3, 0.4) is 0 Å². The fourth-order valence-electron chi connectivity index (χ4n) is 6.24. The van der Waals surface area contributed by atoms with Gasteiger partial charge in [0.05, 0.1) is 36.2 Å². The minimum Gasteiger partial charge on any atom is -0.377 e. The van der Waals surface area contributed by atoms with Crippen LogP contribution in [0.15, 0.2) is 12.1 Å². The molecule has 3 aliphatic rings. The van der Waals surface area contributed by atoms with E-state index in [1.54, 1.807) is 13.8 Å². The van der Waals surface area contributed by atoms with Crippen LogP contribution in [0, 0.1) is 19.7 Å². The lowest BCUT2D eigenvalue weighted by Gasteiger charge is -2.38. The van der Waals surface area contributed by atoms with Crippen molar-refractivity contribution in [1.29, 1.82) is 0 Å². The molecule has 1 aliphatic carbocycles. The lowest BCUT2D eigenvalue weighted by molar-refractivity contribution is 0.0984. The summed E-state index contributed by atoms with van der Waals surface area (Å²) in [7, 11) is 3.41. The number of hydrogen-bond donors (Lipinski definition) is 0. The summed E-state index contributed by atoms with van der Waals surface area (Å²) in [6.07, 6.45) is 2.75. The van der Waals surface area contributed by atoms with Gasteiger partial charge in [0.1, 0.15) is 11.5 Å². The Balaban J connectivity index is 1.38. The highest BCUT2D eigenvalue weighted by molar-refractivity contribution is 14.2. The third kappa shape index (κ3) is 4.28. The third-order valence-electron chi connectivity index (χ3n) is 8.42. The smallest absolute Gasteiger partial charge is 0.188 e. The highest BCUT2D eigenvalue weighted by Gasteiger charge is 2.36. The molecule has 0 amide bonds. The number of nitrogens with zero attached hydrogens (tertiary/aromatic N) is 8. The van der Waals surface area contributed by atoms with Gasteiger partial charge in [0.25, 0.3) is 0 Å². The molecule has 1 unspecified atom stereocenters. The number of halogens is 2. The molecule has 0 N–H and O–H groups in total. The molecule has 2 aliphatic heterocycles. The Morgan fingerprint density at radius 2 is 1.95 bits per heavy atom. The van der Waals surface area contributed by atoms with Crippen LogP contribution in [-0.4, -0.2) is 61.3 Å². The van der Waals surface area contributed by atoms with Crippen molar-refractivity contribution in [2.75, 3.05) is 36.1 Å². The molecule has 40 heavy (non-hydrogen) atoms. The Morgan fingerprint density at radius 1 is 1.12 bits per heavy atom. The highest BCUT2D eigenvalue weighted by Crippen LogP contribution is 2.43. The molecule has 1 aromatic carbocycles. The maximum Gasteiger partial charge on any atom is 0.188 e. The molecule has 5 heterocycles. The van der Waals surface area contributed by atoms with Gasteiger partial charge in [0.15, 0.2) is 17.5 Å². The Kier molecular flexibility index (Phi) is 6.69. The van der Waals surface area contributed by atoms with Crippen molar-refractivity contribution in [3.05, 3.63) is 46.2 Å². The van der Waals surface area contributed by atoms with E-state index in [0.29, 0.717) is 44.2 Å². The summed E-state index contributed by atoms with van der Waals surface area (Å²) in [5.41, 5.74) is 6.89. The zero-order chi connectivity index (χ0) is 27.7. The predicted molar refractivity (Wildman–Crippen MR) is 165 cm³/mol. The molecular weight excluding hydrogens is 642 g/mol. The van der Waals surface area contributed by atoms with Crippen molar-refractivity contribution >= 4 is 52.9 Å². The van der Waals surface area contributed by atoms with E-state index < -0.39 is 0 Å². The minimum atomic E-state index is -0.171. The molecule has 1 atom stereocenters. The molecule has 3 aromatic heterocycles. The Bertz CT molecular complexity index is 1630. The van der Waals surface area contributed by atoms with Gasteiger partial charge in [-0.25, -0.2) is 19.0 Å². The molecule has 4 aromatic rings. The van der Waals surface area contributed by atoms with E-state index >= 15 is 4.39 Å². The molecule has 1 saturated heterocycles. The summed E-state index contributed by atoms with van der Waals surface area (Å²) in [5.74, 6) is 2.31. The third-order valence-corrected chi connectivity index (χ3v) is 9.94. The first-order valence-corrected chi connectivity index (χ1v) is 17.2. The van der Waals surface area contributed by atoms with E-state index in [4.69, 9.17) is 19.8 Å². The van der Waals surface area contributed by atoms with Crippen LogP contribution in [0.5, 0.6) is 0 Å². The van der Waals surface area contributed by atoms with E-state index in [-0.39, 0.29) is 17.8 Å². The number of hydrogen-bond acceptors (Lipinski definition) is 8. The Hall–Kier alpha value is -2.45. The van der Waals surface area contributed by atoms with E-state index in [9.17, 15) is 0 Å². The summed E-state index contributed by atoms with van der Waals surface area (Å²) in [5, 5.41) is 10.4. The lowest BCUT2D eigenvalue weighted by Crippen LogP contribution is -2.45. The first kappa shape index (κ1) is 26.4. The number of benzene rings is 1. The van der Waals surface area contributed by atoms with Gasteiger partial charge in [0.2, 0.25) is 0 Å². The molecule has 12 heteroatoms. The van der Waals surface area contributed by atoms with E-state index in [0.717, 1.165) is 70.0 Å². The average Bonchev–Trinajstić information content (AvgIpc) is 3.68. The Labute approximate surface area is 249 Å². The van der Waals surface area contributed by atoms with Crippen molar-refractivity contribution in [2.24, 2.45) is 7.05 Å². The number of anilines is 2. The predicted octanol–water partition coefficient (Wildman–Crippen LogP) is 5.49. The molecule has 1 saturated carbocycles. The molecule has 0 radical (unpaired) electrons. The number of aromatic nitrogens is 6. The highest BCUT2D eigenvalue weighted by atomic mass is 127. The number of fused-ring (bicyclic) bond motifs is 2. The van der Waals surface area contributed by atoms with Crippen LogP contribution in [0.25, 0.3) is 22.3 Å². The summed E-state index contributed by atoms with van der Waals surface area (Å²) in [6, 6.07) is 4.42. The van der Waals surface area contributed by atoms with Crippen LogP contribution in [0.4, 0.5) is 16.0 Å². The van der Waals surface area contributed by atoms with Gasteiger partial charge in [-0.05, 0) is 45.2 Å². The van der Waals surface area contributed by atoms with Gasteiger partial charge in [-0.15, -0.1) is 0 Å². The maximum absolute atomic E-state index is 15.6. The fourth-order valence-corrected chi connectivity index (χ4v) is 7.52. The van der Waals surface area contributed by atoms with Gasteiger partial charge in [-0.3, -0.25) is 0 Å². The summed E-state index contributed by atoms with van der Waals surface area (Å²) in [6.45, 7) is 9.61. The largest absolute Gasteiger partial charge is 0.377 e. The topological polar surface area (TPSA) is 77.1 Å². The second kappa shape index (κ2) is 10.1. The first-order chi connectivity index (χ1) is 19.4. The lowest BCUT2D eigenvalue weighted by atomic mass is 9.99. The monoisotopic (exact) mass is 674 g/mol. The van der Waals surface area contributed by atoms with Gasteiger partial charge < -0.3 is 14.5 Å². The molecule has 7 rings (SSSR count). The molecule has 0 spiro atoms. The van der Waals surface area contributed by atoms with Crippen molar-refractivity contribution < 1.29 is 9.13 Å². The van der Waals surface area contributed by atoms with Gasteiger partial charge >= 0.3 is 0 Å². The SMILES string of the molecule is Cc1ccc2c(c(C)nn2SI)c1-c1nc2c(c(N3CCOCC3C)n1)CN(c1c(F)c(C3CC3)nn1C)CC2. The molecule has 2 fully saturated rings. The number of ether oxygens (including phenoxy) is 1. The zero-order valence-electron chi connectivity index (χ0n) is 23.1. The second-order valence-electron chi connectivity index (χ2n) is 11.2. The summed E-state index contributed by atoms with van der Waals surface area (Å²) >= 11 is 2.26. The van der Waals surface area contributed by atoms with Crippen LogP contribution < -0.4 is 9.80 Å². The normalized spacial score (nSPS) is 19.5. The number of rotatable bonds is 5. The number of aryl methyl sites for hydroxylation is 3. The quantitative estimate of drug-likeness (QED) is 0.258.